The van der Waals surface area contributed by atoms with Crippen LogP contribution < -0.4 is 14.8 Å². The summed E-state index contributed by atoms with van der Waals surface area (Å²) >= 11 is 0. The van der Waals surface area contributed by atoms with E-state index in [4.69, 9.17) is 14.2 Å². The van der Waals surface area contributed by atoms with Gasteiger partial charge in [0.25, 0.3) is 0 Å². The van der Waals surface area contributed by atoms with Crippen LogP contribution in [0.15, 0.2) is 18.2 Å². The van der Waals surface area contributed by atoms with Gasteiger partial charge in [0.1, 0.15) is 0 Å². The number of carbonyl (C=O) groups excluding carboxylic acids is 1. The third-order valence-electron chi connectivity index (χ3n) is 2.82. The number of hydrogen-bond donors (Lipinski definition) is 1. The van der Waals surface area contributed by atoms with Crippen LogP contribution in [0.5, 0.6) is 11.5 Å². The number of alkyl carbamates (subject to hydrolysis) is 1. The molecule has 0 unspecified atom stereocenters. The summed E-state index contributed by atoms with van der Waals surface area (Å²) in [4.78, 5) is 11.2. The fourth-order valence-corrected chi connectivity index (χ4v) is 1.95. The first-order valence-corrected chi connectivity index (χ1v) is 5.98. The van der Waals surface area contributed by atoms with Crippen molar-refractivity contribution in [1.82, 2.24) is 5.32 Å². The van der Waals surface area contributed by atoms with E-state index in [-0.39, 0.29) is 12.1 Å². The molecule has 1 aromatic rings. The standard InChI is InChI=1S/C13H17NO4/c1-3-17-12-8-9(4-5-11(12)16-2)10-6-7-18-13(15)14-10/h4-5,8,10H,3,6-7H2,1-2H3,(H,14,15)/t10-/m1/s1. The molecule has 1 N–H and O–H groups in total. The number of amides is 1. The first-order valence-electron chi connectivity index (χ1n) is 5.98. The first kappa shape index (κ1) is 12.5. The van der Waals surface area contributed by atoms with Gasteiger partial charge in [-0.2, -0.15) is 0 Å². The highest BCUT2D eigenvalue weighted by molar-refractivity contribution is 5.68. The smallest absolute Gasteiger partial charge is 0.407 e. The van der Waals surface area contributed by atoms with E-state index in [1.165, 1.54) is 0 Å². The average molecular weight is 251 g/mol. The molecular formula is C13H17NO4. The van der Waals surface area contributed by atoms with E-state index in [1.54, 1.807) is 7.11 Å². The Hall–Kier alpha value is -1.91. The quantitative estimate of drug-likeness (QED) is 0.891. The van der Waals surface area contributed by atoms with E-state index in [2.05, 4.69) is 5.32 Å². The van der Waals surface area contributed by atoms with Crippen LogP contribution >= 0.6 is 0 Å². The topological polar surface area (TPSA) is 56.8 Å². The van der Waals surface area contributed by atoms with Crippen molar-refractivity contribution < 1.29 is 19.0 Å². The zero-order valence-corrected chi connectivity index (χ0v) is 10.6. The lowest BCUT2D eigenvalue weighted by molar-refractivity contribution is 0.115. The number of ether oxygens (including phenoxy) is 3. The number of hydrogen-bond acceptors (Lipinski definition) is 4. The summed E-state index contributed by atoms with van der Waals surface area (Å²) in [5.41, 5.74) is 0.996. The van der Waals surface area contributed by atoms with Gasteiger partial charge < -0.3 is 19.5 Å². The van der Waals surface area contributed by atoms with Crippen LogP contribution in [0.2, 0.25) is 0 Å². The van der Waals surface area contributed by atoms with Crippen molar-refractivity contribution >= 4 is 6.09 Å². The minimum absolute atomic E-state index is 0.0311. The summed E-state index contributed by atoms with van der Waals surface area (Å²) in [5.74, 6) is 1.39. The first-order chi connectivity index (χ1) is 8.74. The summed E-state index contributed by atoms with van der Waals surface area (Å²) in [7, 11) is 1.60. The average Bonchev–Trinajstić information content (AvgIpc) is 2.39. The molecule has 2 rings (SSSR count). The summed E-state index contributed by atoms with van der Waals surface area (Å²) in [6, 6.07) is 5.65. The molecule has 0 radical (unpaired) electrons. The van der Waals surface area contributed by atoms with E-state index >= 15 is 0 Å². The van der Waals surface area contributed by atoms with Gasteiger partial charge in [0, 0.05) is 6.42 Å². The second kappa shape index (κ2) is 5.62. The molecule has 1 fully saturated rings. The zero-order valence-electron chi connectivity index (χ0n) is 10.6. The maximum absolute atomic E-state index is 11.2. The Kier molecular flexibility index (Phi) is 3.92. The minimum atomic E-state index is -0.375. The van der Waals surface area contributed by atoms with Gasteiger partial charge >= 0.3 is 6.09 Å². The van der Waals surface area contributed by atoms with Crippen molar-refractivity contribution in [3.63, 3.8) is 0 Å². The third kappa shape index (κ3) is 2.67. The van der Waals surface area contributed by atoms with E-state index in [1.807, 2.05) is 25.1 Å². The molecule has 1 amide bonds. The summed E-state index contributed by atoms with van der Waals surface area (Å²) in [5, 5.41) is 2.78. The van der Waals surface area contributed by atoms with E-state index < -0.39 is 0 Å². The largest absolute Gasteiger partial charge is 0.493 e. The zero-order chi connectivity index (χ0) is 13.0. The summed E-state index contributed by atoms with van der Waals surface area (Å²) < 4.78 is 15.6. The van der Waals surface area contributed by atoms with Crippen LogP contribution in [0, 0.1) is 0 Å². The normalized spacial score (nSPS) is 18.8. The highest BCUT2D eigenvalue weighted by atomic mass is 16.6. The van der Waals surface area contributed by atoms with Gasteiger partial charge in [0.15, 0.2) is 11.5 Å². The van der Waals surface area contributed by atoms with Crippen molar-refractivity contribution in [2.75, 3.05) is 20.3 Å². The molecule has 0 saturated carbocycles. The molecule has 0 aliphatic carbocycles. The lowest BCUT2D eigenvalue weighted by Gasteiger charge is -2.24. The van der Waals surface area contributed by atoms with Crippen LogP contribution in [0.4, 0.5) is 4.79 Å². The second-order valence-corrected chi connectivity index (χ2v) is 3.96. The van der Waals surface area contributed by atoms with Gasteiger partial charge in [-0.05, 0) is 24.6 Å². The number of benzene rings is 1. The maximum atomic E-state index is 11.2. The predicted molar refractivity (Wildman–Crippen MR) is 66.0 cm³/mol. The Morgan fingerprint density at radius 1 is 1.44 bits per heavy atom. The number of methoxy groups -OCH3 is 1. The molecule has 98 valence electrons. The van der Waals surface area contributed by atoms with E-state index in [9.17, 15) is 4.79 Å². The Bertz CT molecular complexity index is 433. The van der Waals surface area contributed by atoms with E-state index in [0.29, 0.717) is 24.7 Å². The van der Waals surface area contributed by atoms with Gasteiger partial charge in [-0.15, -0.1) is 0 Å². The number of carbonyl (C=O) groups is 1. The summed E-state index contributed by atoms with van der Waals surface area (Å²) in [6.07, 6.45) is 0.379. The fourth-order valence-electron chi connectivity index (χ4n) is 1.95. The van der Waals surface area contributed by atoms with Crippen molar-refractivity contribution in [2.24, 2.45) is 0 Å². The molecule has 1 saturated heterocycles. The van der Waals surface area contributed by atoms with Crippen molar-refractivity contribution in [3.8, 4) is 11.5 Å². The molecule has 18 heavy (non-hydrogen) atoms. The van der Waals surface area contributed by atoms with Crippen molar-refractivity contribution in [1.29, 1.82) is 0 Å². The van der Waals surface area contributed by atoms with Crippen LogP contribution in [0.1, 0.15) is 24.9 Å². The second-order valence-electron chi connectivity index (χ2n) is 3.96. The Labute approximate surface area is 106 Å². The summed E-state index contributed by atoms with van der Waals surface area (Å²) in [6.45, 7) is 2.93. The third-order valence-corrected chi connectivity index (χ3v) is 2.82. The molecule has 5 nitrogen and oxygen atoms in total. The van der Waals surface area contributed by atoms with Crippen molar-refractivity contribution in [3.05, 3.63) is 23.8 Å². The number of cyclic esters (lactones) is 1. The highest BCUT2D eigenvalue weighted by Crippen LogP contribution is 2.31. The molecular weight excluding hydrogens is 234 g/mol. The van der Waals surface area contributed by atoms with Crippen molar-refractivity contribution in [2.45, 2.75) is 19.4 Å². The molecule has 1 aliphatic rings. The van der Waals surface area contributed by atoms with Gasteiger partial charge in [0.2, 0.25) is 0 Å². The lowest BCUT2D eigenvalue weighted by Crippen LogP contribution is -2.35. The van der Waals surface area contributed by atoms with Crippen LogP contribution in [0.3, 0.4) is 0 Å². The van der Waals surface area contributed by atoms with Crippen LogP contribution in [0.25, 0.3) is 0 Å². The van der Waals surface area contributed by atoms with Crippen LogP contribution in [-0.2, 0) is 4.74 Å². The van der Waals surface area contributed by atoms with Gasteiger partial charge in [-0.25, -0.2) is 4.79 Å². The number of rotatable bonds is 4. The maximum Gasteiger partial charge on any atom is 0.407 e. The van der Waals surface area contributed by atoms with Gasteiger partial charge in [-0.1, -0.05) is 6.07 Å². The molecule has 0 aromatic heterocycles. The molecule has 0 spiro atoms. The van der Waals surface area contributed by atoms with E-state index in [0.717, 1.165) is 12.0 Å². The number of nitrogens with one attached hydrogen (secondary N) is 1. The monoisotopic (exact) mass is 251 g/mol. The molecule has 1 heterocycles. The Balaban J connectivity index is 2.22. The Morgan fingerprint density at radius 2 is 2.28 bits per heavy atom. The fraction of sp³-hybridized carbons (Fsp3) is 0.462. The Morgan fingerprint density at radius 3 is 2.94 bits per heavy atom. The molecule has 1 aromatic carbocycles. The SMILES string of the molecule is CCOc1cc([C@H]2CCOC(=O)N2)ccc1OC. The highest BCUT2D eigenvalue weighted by Gasteiger charge is 2.21. The lowest BCUT2D eigenvalue weighted by atomic mass is 10.0. The molecule has 1 aliphatic heterocycles. The predicted octanol–water partition coefficient (Wildman–Crippen LogP) is 2.26. The molecule has 0 bridgehead atoms. The van der Waals surface area contributed by atoms with Gasteiger partial charge in [-0.3, -0.25) is 0 Å². The minimum Gasteiger partial charge on any atom is -0.493 e. The van der Waals surface area contributed by atoms with Gasteiger partial charge in [0.05, 0.1) is 26.4 Å². The molecule has 5 heteroatoms. The van der Waals surface area contributed by atoms with Crippen LogP contribution in [-0.4, -0.2) is 26.4 Å². The molecule has 1 atom stereocenters.